The van der Waals surface area contributed by atoms with Gasteiger partial charge in [0.05, 0.1) is 11.4 Å². The molecule has 0 saturated carbocycles. The quantitative estimate of drug-likeness (QED) is 0.925. The van der Waals surface area contributed by atoms with Crippen molar-refractivity contribution in [2.24, 2.45) is 0 Å². The predicted molar refractivity (Wildman–Crippen MR) is 68.0 cm³/mol. The second-order valence-corrected chi connectivity index (χ2v) is 4.72. The number of hydrogen-bond acceptors (Lipinski definition) is 2. The SMILES string of the molecule is Cc1nn(-c2cccc(Br)c2)c(Cl)c1C(=O)O. The monoisotopic (exact) mass is 314 g/mol. The van der Waals surface area contributed by atoms with Crippen LogP contribution in [0.25, 0.3) is 5.69 Å². The van der Waals surface area contributed by atoms with Crippen molar-refractivity contribution in [1.29, 1.82) is 0 Å². The lowest BCUT2D eigenvalue weighted by Gasteiger charge is -2.03. The minimum Gasteiger partial charge on any atom is -0.478 e. The maximum Gasteiger partial charge on any atom is 0.340 e. The summed E-state index contributed by atoms with van der Waals surface area (Å²) in [5, 5.41) is 13.2. The third-order valence-electron chi connectivity index (χ3n) is 2.27. The van der Waals surface area contributed by atoms with E-state index in [2.05, 4.69) is 21.0 Å². The fourth-order valence-corrected chi connectivity index (χ4v) is 2.26. The van der Waals surface area contributed by atoms with Gasteiger partial charge in [-0.2, -0.15) is 5.10 Å². The molecule has 4 nitrogen and oxygen atoms in total. The highest BCUT2D eigenvalue weighted by Gasteiger charge is 2.20. The van der Waals surface area contributed by atoms with Crippen LogP contribution in [-0.2, 0) is 0 Å². The molecule has 0 bridgehead atoms. The van der Waals surface area contributed by atoms with E-state index in [0.717, 1.165) is 4.47 Å². The lowest BCUT2D eigenvalue weighted by atomic mass is 10.3. The Balaban J connectivity index is 2.62. The molecule has 2 aromatic rings. The Hall–Kier alpha value is -1.33. The topological polar surface area (TPSA) is 55.1 Å². The largest absolute Gasteiger partial charge is 0.478 e. The number of aryl methyl sites for hydroxylation is 1. The van der Waals surface area contributed by atoms with Gasteiger partial charge in [0, 0.05) is 4.47 Å². The molecule has 0 unspecified atom stereocenters. The highest BCUT2D eigenvalue weighted by molar-refractivity contribution is 9.10. The van der Waals surface area contributed by atoms with Gasteiger partial charge in [-0.05, 0) is 25.1 Å². The molecule has 1 N–H and O–H groups in total. The molecular weight excluding hydrogens is 307 g/mol. The Morgan fingerprint density at radius 1 is 1.53 bits per heavy atom. The smallest absolute Gasteiger partial charge is 0.340 e. The summed E-state index contributed by atoms with van der Waals surface area (Å²) in [7, 11) is 0. The first-order chi connectivity index (χ1) is 8.00. The van der Waals surface area contributed by atoms with Gasteiger partial charge in [0.15, 0.2) is 0 Å². The third-order valence-corrected chi connectivity index (χ3v) is 3.11. The number of carbonyl (C=O) groups is 1. The molecule has 0 radical (unpaired) electrons. The molecule has 2 rings (SSSR count). The molecule has 1 aromatic carbocycles. The lowest BCUT2D eigenvalue weighted by Crippen LogP contribution is -1.99. The van der Waals surface area contributed by atoms with Gasteiger partial charge in [0.25, 0.3) is 0 Å². The van der Waals surface area contributed by atoms with Gasteiger partial charge in [-0.1, -0.05) is 33.6 Å². The summed E-state index contributed by atoms with van der Waals surface area (Å²) >= 11 is 9.35. The molecule has 0 atom stereocenters. The second kappa shape index (κ2) is 4.50. The van der Waals surface area contributed by atoms with Crippen molar-refractivity contribution in [2.75, 3.05) is 0 Å². The average molecular weight is 316 g/mol. The van der Waals surface area contributed by atoms with Gasteiger partial charge in [0.2, 0.25) is 0 Å². The van der Waals surface area contributed by atoms with Crippen LogP contribution in [0.1, 0.15) is 16.1 Å². The van der Waals surface area contributed by atoms with Crippen molar-refractivity contribution in [2.45, 2.75) is 6.92 Å². The van der Waals surface area contributed by atoms with Crippen molar-refractivity contribution < 1.29 is 9.90 Å². The van der Waals surface area contributed by atoms with Crippen LogP contribution in [0.3, 0.4) is 0 Å². The molecule has 0 aliphatic rings. The van der Waals surface area contributed by atoms with Crippen molar-refractivity contribution in [3.8, 4) is 5.69 Å². The Bertz CT molecular complexity index is 595. The summed E-state index contributed by atoms with van der Waals surface area (Å²) in [6, 6.07) is 7.30. The van der Waals surface area contributed by atoms with E-state index in [1.807, 2.05) is 18.2 Å². The molecule has 88 valence electrons. The van der Waals surface area contributed by atoms with Crippen LogP contribution in [-0.4, -0.2) is 20.9 Å². The number of nitrogens with zero attached hydrogens (tertiary/aromatic N) is 2. The normalized spacial score (nSPS) is 10.5. The maximum atomic E-state index is 11.0. The van der Waals surface area contributed by atoms with E-state index in [4.69, 9.17) is 16.7 Å². The van der Waals surface area contributed by atoms with E-state index < -0.39 is 5.97 Å². The van der Waals surface area contributed by atoms with Gasteiger partial charge in [-0.25, -0.2) is 9.48 Å². The number of benzene rings is 1. The van der Waals surface area contributed by atoms with Crippen molar-refractivity contribution >= 4 is 33.5 Å². The first kappa shape index (κ1) is 12.1. The van der Waals surface area contributed by atoms with Gasteiger partial charge in [-0.3, -0.25) is 0 Å². The highest BCUT2D eigenvalue weighted by Crippen LogP contribution is 2.24. The summed E-state index contributed by atoms with van der Waals surface area (Å²) in [6.45, 7) is 1.61. The molecule has 0 fully saturated rings. The second-order valence-electron chi connectivity index (χ2n) is 3.45. The number of carboxylic acids is 1. The number of aromatic nitrogens is 2. The fourth-order valence-electron chi connectivity index (χ4n) is 1.52. The highest BCUT2D eigenvalue weighted by atomic mass is 79.9. The molecular formula is C11H8BrClN2O2. The first-order valence-corrected chi connectivity index (χ1v) is 5.92. The summed E-state index contributed by atoms with van der Waals surface area (Å²) in [4.78, 5) is 11.0. The fraction of sp³-hybridized carbons (Fsp3) is 0.0909. The molecule has 6 heteroatoms. The summed E-state index contributed by atoms with van der Waals surface area (Å²) in [6.07, 6.45) is 0. The molecule has 17 heavy (non-hydrogen) atoms. The van der Waals surface area contributed by atoms with Crippen LogP contribution in [0.15, 0.2) is 28.7 Å². The van der Waals surface area contributed by atoms with E-state index in [1.54, 1.807) is 13.0 Å². The zero-order valence-electron chi connectivity index (χ0n) is 8.82. The van der Waals surface area contributed by atoms with Crippen LogP contribution in [0.5, 0.6) is 0 Å². The van der Waals surface area contributed by atoms with Crippen molar-refractivity contribution in [3.05, 3.63) is 45.1 Å². The van der Waals surface area contributed by atoms with Crippen molar-refractivity contribution in [3.63, 3.8) is 0 Å². The third kappa shape index (κ3) is 2.21. The van der Waals surface area contributed by atoms with Crippen LogP contribution in [0, 0.1) is 6.92 Å². The van der Waals surface area contributed by atoms with Crippen LogP contribution in [0.2, 0.25) is 5.15 Å². The van der Waals surface area contributed by atoms with Crippen LogP contribution >= 0.6 is 27.5 Å². The van der Waals surface area contributed by atoms with E-state index in [-0.39, 0.29) is 10.7 Å². The van der Waals surface area contributed by atoms with Gasteiger partial charge >= 0.3 is 5.97 Å². The number of aromatic carboxylic acids is 1. The van der Waals surface area contributed by atoms with Crippen LogP contribution in [0.4, 0.5) is 0 Å². The Labute approximate surface area is 111 Å². The molecule has 1 heterocycles. The lowest BCUT2D eigenvalue weighted by molar-refractivity contribution is 0.0696. The number of carboxylic acid groups (broad SMARTS) is 1. The summed E-state index contributed by atoms with van der Waals surface area (Å²) in [5.74, 6) is -1.08. The summed E-state index contributed by atoms with van der Waals surface area (Å²) in [5.41, 5.74) is 1.13. The van der Waals surface area contributed by atoms with E-state index in [0.29, 0.717) is 11.4 Å². The Morgan fingerprint density at radius 2 is 2.24 bits per heavy atom. The Kier molecular flexibility index (Phi) is 3.22. The minimum atomic E-state index is -1.08. The number of hydrogen-bond donors (Lipinski definition) is 1. The van der Waals surface area contributed by atoms with Gasteiger partial charge in [-0.15, -0.1) is 0 Å². The number of halogens is 2. The average Bonchev–Trinajstić information content (AvgIpc) is 2.54. The molecule has 0 spiro atoms. The minimum absolute atomic E-state index is 0.0339. The standard InChI is InChI=1S/C11H8BrClN2O2/c1-6-9(11(16)17)10(13)15(14-6)8-4-2-3-7(12)5-8/h2-5H,1H3,(H,16,17). The molecule has 0 saturated heterocycles. The van der Waals surface area contributed by atoms with E-state index >= 15 is 0 Å². The Morgan fingerprint density at radius 3 is 2.76 bits per heavy atom. The molecule has 0 aliphatic carbocycles. The van der Waals surface area contributed by atoms with E-state index in [9.17, 15) is 4.79 Å². The van der Waals surface area contributed by atoms with Crippen molar-refractivity contribution in [1.82, 2.24) is 9.78 Å². The first-order valence-electron chi connectivity index (χ1n) is 4.75. The molecule has 0 aliphatic heterocycles. The maximum absolute atomic E-state index is 11.0. The zero-order valence-corrected chi connectivity index (χ0v) is 11.2. The molecule has 1 aromatic heterocycles. The predicted octanol–water partition coefficient (Wildman–Crippen LogP) is 3.29. The zero-order chi connectivity index (χ0) is 12.6. The van der Waals surface area contributed by atoms with E-state index in [1.165, 1.54) is 4.68 Å². The number of rotatable bonds is 2. The van der Waals surface area contributed by atoms with Gasteiger partial charge < -0.3 is 5.11 Å². The van der Waals surface area contributed by atoms with Crippen LogP contribution < -0.4 is 0 Å². The molecule has 0 amide bonds. The summed E-state index contributed by atoms with van der Waals surface area (Å²) < 4.78 is 2.28. The van der Waals surface area contributed by atoms with Gasteiger partial charge in [0.1, 0.15) is 10.7 Å².